The summed E-state index contributed by atoms with van der Waals surface area (Å²) in [6, 6.07) is 14.3. The van der Waals surface area contributed by atoms with Crippen LogP contribution in [0.25, 0.3) is 6.08 Å². The second-order valence-corrected chi connectivity index (χ2v) is 6.10. The lowest BCUT2D eigenvalue weighted by Crippen LogP contribution is -2.38. The topological polar surface area (TPSA) is 116 Å². The Balaban J connectivity index is 1.60. The molecule has 1 fully saturated rings. The fraction of sp³-hybridized carbons (Fsp3) is 0.0476. The summed E-state index contributed by atoms with van der Waals surface area (Å²) in [6.07, 6.45) is 4.88. The van der Waals surface area contributed by atoms with Crippen LogP contribution in [0.2, 0.25) is 0 Å². The number of anilines is 1. The van der Waals surface area contributed by atoms with Crippen molar-refractivity contribution in [2.45, 2.75) is 0 Å². The van der Waals surface area contributed by atoms with Crippen molar-refractivity contribution in [2.75, 3.05) is 11.9 Å². The molecule has 146 valence electrons. The van der Waals surface area contributed by atoms with E-state index in [1.807, 2.05) is 30.3 Å². The van der Waals surface area contributed by atoms with E-state index >= 15 is 0 Å². The number of aromatic carboxylic acids is 1. The molecule has 1 saturated heterocycles. The van der Waals surface area contributed by atoms with Gasteiger partial charge in [-0.15, -0.1) is 0 Å². The van der Waals surface area contributed by atoms with Crippen molar-refractivity contribution in [3.05, 3.63) is 83.6 Å². The number of allylic oxidation sites excluding steroid dienone is 2. The van der Waals surface area contributed by atoms with Gasteiger partial charge in [0.25, 0.3) is 5.91 Å². The summed E-state index contributed by atoms with van der Waals surface area (Å²) in [4.78, 5) is 48.2. The Morgan fingerprint density at radius 1 is 1.03 bits per heavy atom. The summed E-state index contributed by atoms with van der Waals surface area (Å²) in [5.74, 6) is -2.27. The van der Waals surface area contributed by atoms with Gasteiger partial charge in [0, 0.05) is 5.69 Å². The summed E-state index contributed by atoms with van der Waals surface area (Å²) >= 11 is 0. The number of benzene rings is 2. The zero-order valence-corrected chi connectivity index (χ0v) is 15.2. The molecule has 0 aromatic heterocycles. The Morgan fingerprint density at radius 3 is 2.38 bits per heavy atom. The van der Waals surface area contributed by atoms with Gasteiger partial charge in [0.1, 0.15) is 12.2 Å². The van der Waals surface area contributed by atoms with Crippen molar-refractivity contribution < 1.29 is 24.3 Å². The lowest BCUT2D eigenvalue weighted by atomic mass is 10.2. The van der Waals surface area contributed by atoms with Crippen LogP contribution in [0.15, 0.2) is 72.4 Å². The molecule has 1 heterocycles. The summed E-state index contributed by atoms with van der Waals surface area (Å²) < 4.78 is 0. The van der Waals surface area contributed by atoms with Gasteiger partial charge in [-0.25, -0.2) is 14.5 Å². The van der Waals surface area contributed by atoms with Crippen LogP contribution in [0.4, 0.5) is 10.5 Å². The van der Waals surface area contributed by atoms with Crippen LogP contribution in [0.3, 0.4) is 0 Å². The number of rotatable bonds is 6. The van der Waals surface area contributed by atoms with Gasteiger partial charge in [-0.3, -0.25) is 9.59 Å². The van der Waals surface area contributed by atoms with Crippen LogP contribution in [-0.4, -0.2) is 40.4 Å². The van der Waals surface area contributed by atoms with Gasteiger partial charge in [-0.05, 0) is 35.9 Å². The van der Waals surface area contributed by atoms with E-state index in [-0.39, 0.29) is 11.3 Å². The third-order valence-corrected chi connectivity index (χ3v) is 4.03. The normalized spacial score (nSPS) is 15.0. The number of carbonyl (C=O) groups excluding carboxylic acids is 3. The third kappa shape index (κ3) is 4.95. The number of amides is 4. The molecule has 0 bridgehead atoms. The first-order valence-corrected chi connectivity index (χ1v) is 8.63. The molecular weight excluding hydrogens is 374 g/mol. The first-order chi connectivity index (χ1) is 13.9. The number of carbonyl (C=O) groups is 4. The van der Waals surface area contributed by atoms with E-state index in [2.05, 4.69) is 10.6 Å². The summed E-state index contributed by atoms with van der Waals surface area (Å²) in [6.45, 7) is -0.467. The highest BCUT2D eigenvalue weighted by Gasteiger charge is 2.34. The first-order valence-electron chi connectivity index (χ1n) is 8.63. The zero-order valence-electron chi connectivity index (χ0n) is 15.2. The predicted octanol–water partition coefficient (Wildman–Crippen LogP) is 2.47. The molecule has 0 radical (unpaired) electrons. The molecule has 1 aliphatic rings. The molecule has 0 aliphatic carbocycles. The Hall–Kier alpha value is -4.20. The third-order valence-electron chi connectivity index (χ3n) is 4.03. The fourth-order valence-corrected chi connectivity index (χ4v) is 2.59. The maximum absolute atomic E-state index is 12.4. The maximum atomic E-state index is 12.4. The van der Waals surface area contributed by atoms with Gasteiger partial charge in [0.15, 0.2) is 0 Å². The van der Waals surface area contributed by atoms with Crippen LogP contribution >= 0.6 is 0 Å². The van der Waals surface area contributed by atoms with Crippen LogP contribution in [0, 0.1) is 0 Å². The second kappa shape index (κ2) is 8.66. The lowest BCUT2D eigenvalue weighted by molar-refractivity contribution is -0.127. The predicted molar refractivity (Wildman–Crippen MR) is 106 cm³/mol. The van der Waals surface area contributed by atoms with E-state index in [4.69, 9.17) is 5.11 Å². The number of imide groups is 1. The van der Waals surface area contributed by atoms with E-state index in [1.54, 1.807) is 12.2 Å². The van der Waals surface area contributed by atoms with Crippen molar-refractivity contribution in [1.82, 2.24) is 10.2 Å². The molecule has 29 heavy (non-hydrogen) atoms. The number of carboxylic acid groups (broad SMARTS) is 1. The maximum Gasteiger partial charge on any atom is 0.335 e. The summed E-state index contributed by atoms with van der Waals surface area (Å²) in [5, 5.41) is 13.8. The standard InChI is InChI=1S/C21H17N3O5/c25-18(22-16-11-9-15(10-12-16)20(27)28)13-24-19(26)17(23-21(24)29)8-4-7-14-5-2-1-3-6-14/h1-12H,13H2,(H,22,25)(H,23,29)(H,27,28)/b7-4+,17-8-. The number of hydrogen-bond donors (Lipinski definition) is 3. The van der Waals surface area contributed by atoms with Gasteiger partial charge in [0.2, 0.25) is 5.91 Å². The molecule has 2 aromatic rings. The Kier molecular flexibility index (Phi) is 5.84. The van der Waals surface area contributed by atoms with E-state index in [1.165, 1.54) is 30.3 Å². The molecule has 4 amide bonds. The highest BCUT2D eigenvalue weighted by molar-refractivity contribution is 6.14. The van der Waals surface area contributed by atoms with Crippen LogP contribution in [-0.2, 0) is 9.59 Å². The molecule has 0 atom stereocenters. The Labute approximate surface area is 166 Å². The Bertz CT molecular complexity index is 1010. The smallest absolute Gasteiger partial charge is 0.335 e. The number of hydrogen-bond acceptors (Lipinski definition) is 4. The van der Waals surface area contributed by atoms with Gasteiger partial charge < -0.3 is 15.7 Å². The highest BCUT2D eigenvalue weighted by Crippen LogP contribution is 2.13. The molecular formula is C21H17N3O5. The van der Waals surface area contributed by atoms with Crippen molar-refractivity contribution in [1.29, 1.82) is 0 Å². The molecule has 1 aliphatic heterocycles. The van der Waals surface area contributed by atoms with E-state index < -0.39 is 30.4 Å². The molecule has 2 aromatic carbocycles. The number of carboxylic acids is 1. The Morgan fingerprint density at radius 2 is 1.72 bits per heavy atom. The van der Waals surface area contributed by atoms with Crippen LogP contribution in [0.1, 0.15) is 15.9 Å². The average molecular weight is 391 g/mol. The summed E-state index contributed by atoms with van der Waals surface area (Å²) in [5.41, 5.74) is 1.44. The highest BCUT2D eigenvalue weighted by atomic mass is 16.4. The molecule has 0 unspecified atom stereocenters. The summed E-state index contributed by atoms with van der Waals surface area (Å²) in [7, 11) is 0. The molecule has 0 spiro atoms. The zero-order chi connectivity index (χ0) is 20.8. The van der Waals surface area contributed by atoms with Crippen LogP contribution < -0.4 is 10.6 Å². The minimum Gasteiger partial charge on any atom is -0.478 e. The average Bonchev–Trinajstić information content (AvgIpc) is 2.97. The van der Waals surface area contributed by atoms with E-state index in [0.717, 1.165) is 10.5 Å². The fourth-order valence-electron chi connectivity index (χ4n) is 2.59. The minimum atomic E-state index is -1.08. The van der Waals surface area contributed by atoms with Crippen molar-refractivity contribution in [3.8, 4) is 0 Å². The van der Waals surface area contributed by atoms with Crippen molar-refractivity contribution >= 4 is 35.6 Å². The van der Waals surface area contributed by atoms with E-state index in [0.29, 0.717) is 5.69 Å². The molecule has 3 N–H and O–H groups in total. The van der Waals surface area contributed by atoms with Crippen molar-refractivity contribution in [3.63, 3.8) is 0 Å². The monoisotopic (exact) mass is 391 g/mol. The lowest BCUT2D eigenvalue weighted by Gasteiger charge is -2.12. The van der Waals surface area contributed by atoms with Crippen molar-refractivity contribution in [2.24, 2.45) is 0 Å². The largest absolute Gasteiger partial charge is 0.478 e. The molecule has 8 heteroatoms. The second-order valence-electron chi connectivity index (χ2n) is 6.10. The SMILES string of the molecule is O=C(CN1C(=O)N/C(=C\C=C\c2ccccc2)C1=O)Nc1ccc(C(=O)O)cc1. The van der Waals surface area contributed by atoms with Crippen LogP contribution in [0.5, 0.6) is 0 Å². The molecule has 3 rings (SSSR count). The molecule has 8 nitrogen and oxygen atoms in total. The van der Waals surface area contributed by atoms with E-state index in [9.17, 15) is 19.2 Å². The van der Waals surface area contributed by atoms with Gasteiger partial charge in [-0.2, -0.15) is 0 Å². The van der Waals surface area contributed by atoms with Gasteiger partial charge >= 0.3 is 12.0 Å². The number of nitrogens with one attached hydrogen (secondary N) is 2. The number of urea groups is 1. The molecule has 0 saturated carbocycles. The first kappa shape index (κ1) is 19.6. The number of nitrogens with zero attached hydrogens (tertiary/aromatic N) is 1. The van der Waals surface area contributed by atoms with Gasteiger partial charge in [-0.1, -0.05) is 42.5 Å². The minimum absolute atomic E-state index is 0.0702. The quantitative estimate of drug-likeness (QED) is 0.517. The van der Waals surface area contributed by atoms with Gasteiger partial charge in [0.05, 0.1) is 5.56 Å².